The predicted molar refractivity (Wildman–Crippen MR) is 89.2 cm³/mol. The van der Waals surface area contributed by atoms with Gasteiger partial charge in [-0.15, -0.1) is 0 Å². The van der Waals surface area contributed by atoms with Gasteiger partial charge < -0.3 is 25.4 Å². The number of nitrogens with one attached hydrogen (secondary N) is 1. The minimum atomic E-state index is -0.666. The minimum Gasteiger partial charge on any atom is -0.486 e. The maximum absolute atomic E-state index is 12.6. The number of carbonyl (C=O) groups is 2. The molecule has 3 rings (SSSR count). The second kappa shape index (κ2) is 6.32. The highest BCUT2D eigenvalue weighted by Gasteiger charge is 2.38. The molecule has 0 aromatic heterocycles. The highest BCUT2D eigenvalue weighted by atomic mass is 16.6. The number of nitrogens with two attached hydrogens (primary N) is 1. The lowest BCUT2D eigenvalue weighted by Crippen LogP contribution is -2.47. The molecule has 2 aliphatic rings. The van der Waals surface area contributed by atoms with Gasteiger partial charge in [0.15, 0.2) is 11.5 Å². The Morgan fingerprint density at radius 3 is 2.75 bits per heavy atom. The van der Waals surface area contributed by atoms with Gasteiger partial charge in [0, 0.05) is 30.4 Å². The second-order valence-corrected chi connectivity index (χ2v) is 6.87. The van der Waals surface area contributed by atoms with Crippen molar-refractivity contribution >= 4 is 17.5 Å². The Balaban J connectivity index is 1.69. The summed E-state index contributed by atoms with van der Waals surface area (Å²) in [6, 6.07) is 5.39. The van der Waals surface area contributed by atoms with Crippen molar-refractivity contribution in [1.29, 1.82) is 0 Å². The van der Waals surface area contributed by atoms with E-state index >= 15 is 0 Å². The lowest BCUT2D eigenvalue weighted by molar-refractivity contribution is -0.132. The highest BCUT2D eigenvalue weighted by molar-refractivity contribution is 6.09. The molecule has 0 aliphatic carbocycles. The van der Waals surface area contributed by atoms with Gasteiger partial charge >= 0.3 is 0 Å². The highest BCUT2D eigenvalue weighted by Crippen LogP contribution is 2.36. The quantitative estimate of drug-likeness (QED) is 0.790. The number of benzene rings is 1. The first-order chi connectivity index (χ1) is 11.3. The summed E-state index contributed by atoms with van der Waals surface area (Å²) in [7, 11) is 0. The Hall–Kier alpha value is -2.28. The molecule has 1 aromatic carbocycles. The fourth-order valence-corrected chi connectivity index (χ4v) is 2.82. The van der Waals surface area contributed by atoms with Crippen molar-refractivity contribution in [3.8, 4) is 11.5 Å². The third-order valence-electron chi connectivity index (χ3n) is 4.08. The molecule has 3 N–H and O–H groups in total. The number of rotatable bonds is 4. The molecule has 1 fully saturated rings. The van der Waals surface area contributed by atoms with Gasteiger partial charge in [-0.25, -0.2) is 0 Å². The Kier molecular flexibility index (Phi) is 4.36. The average molecular weight is 333 g/mol. The first kappa shape index (κ1) is 16.6. The molecule has 2 aliphatic heterocycles. The van der Waals surface area contributed by atoms with Crippen molar-refractivity contribution in [2.75, 3.05) is 31.2 Å². The zero-order valence-electron chi connectivity index (χ0n) is 14.0. The summed E-state index contributed by atoms with van der Waals surface area (Å²) in [4.78, 5) is 26.5. The lowest BCUT2D eigenvalue weighted by Gasteiger charge is -2.22. The Morgan fingerprint density at radius 2 is 2.04 bits per heavy atom. The van der Waals surface area contributed by atoms with E-state index in [4.69, 9.17) is 15.2 Å². The first-order valence-corrected chi connectivity index (χ1v) is 8.13. The van der Waals surface area contributed by atoms with Crippen molar-refractivity contribution in [1.82, 2.24) is 5.32 Å². The third kappa shape index (κ3) is 3.46. The smallest absolute Gasteiger partial charge is 0.239 e. The monoisotopic (exact) mass is 333 g/mol. The van der Waals surface area contributed by atoms with Gasteiger partial charge in [0.1, 0.15) is 19.1 Å². The summed E-state index contributed by atoms with van der Waals surface area (Å²) < 4.78 is 11.0. The molecule has 7 nitrogen and oxygen atoms in total. The van der Waals surface area contributed by atoms with Gasteiger partial charge in [0.2, 0.25) is 11.8 Å². The number of nitrogens with zero attached hydrogens (tertiary/aromatic N) is 1. The number of ether oxygens (including phenoxy) is 2. The van der Waals surface area contributed by atoms with Gasteiger partial charge in [-0.3, -0.25) is 9.59 Å². The molecule has 0 saturated carbocycles. The van der Waals surface area contributed by atoms with E-state index in [1.165, 1.54) is 0 Å². The minimum absolute atomic E-state index is 0.195. The SMILES string of the molecule is CC(C)(N)CNC(=O)C1CCN(c2ccc3c(c2)OCCO3)C1=O. The van der Waals surface area contributed by atoms with Crippen LogP contribution in [0.2, 0.25) is 0 Å². The van der Waals surface area contributed by atoms with Crippen LogP contribution in [-0.2, 0) is 9.59 Å². The van der Waals surface area contributed by atoms with Gasteiger partial charge in [-0.05, 0) is 32.4 Å². The van der Waals surface area contributed by atoms with Crippen LogP contribution in [0.1, 0.15) is 20.3 Å². The van der Waals surface area contributed by atoms with Crippen LogP contribution in [0.4, 0.5) is 5.69 Å². The molecule has 24 heavy (non-hydrogen) atoms. The first-order valence-electron chi connectivity index (χ1n) is 8.13. The molecule has 2 amide bonds. The van der Waals surface area contributed by atoms with Crippen LogP contribution < -0.4 is 25.4 Å². The molecule has 0 spiro atoms. The van der Waals surface area contributed by atoms with E-state index in [1.807, 2.05) is 19.9 Å². The fraction of sp³-hybridized carbons (Fsp3) is 0.529. The Labute approximate surface area is 141 Å². The zero-order chi connectivity index (χ0) is 17.3. The standard InChI is InChI=1S/C17H23N3O4/c1-17(2,18)10-19-15(21)12-5-6-20(16(12)22)11-3-4-13-14(9-11)24-8-7-23-13/h3-4,9,12H,5-8,10,18H2,1-2H3,(H,19,21). The van der Waals surface area contributed by atoms with Crippen molar-refractivity contribution in [3.05, 3.63) is 18.2 Å². The molecule has 0 bridgehead atoms. The zero-order valence-corrected chi connectivity index (χ0v) is 14.0. The normalized spacial score (nSPS) is 20.2. The van der Waals surface area contributed by atoms with Crippen LogP contribution in [-0.4, -0.2) is 43.7 Å². The number of amides is 2. The van der Waals surface area contributed by atoms with Crippen molar-refractivity contribution in [2.45, 2.75) is 25.8 Å². The summed E-state index contributed by atoms with van der Waals surface area (Å²) in [6.45, 7) is 5.50. The van der Waals surface area contributed by atoms with Crippen LogP contribution in [0.3, 0.4) is 0 Å². The topological polar surface area (TPSA) is 93.9 Å². The molecule has 7 heteroatoms. The summed E-state index contributed by atoms with van der Waals surface area (Å²) in [5, 5.41) is 2.76. The maximum Gasteiger partial charge on any atom is 0.239 e. The number of hydrogen-bond acceptors (Lipinski definition) is 5. The van der Waals surface area contributed by atoms with E-state index in [9.17, 15) is 9.59 Å². The molecule has 1 saturated heterocycles. The molecule has 1 aromatic rings. The second-order valence-electron chi connectivity index (χ2n) is 6.87. The Morgan fingerprint density at radius 1 is 1.33 bits per heavy atom. The molecular formula is C17H23N3O4. The van der Waals surface area contributed by atoms with Crippen LogP contribution in [0, 0.1) is 5.92 Å². The van der Waals surface area contributed by atoms with E-state index < -0.39 is 11.5 Å². The largest absolute Gasteiger partial charge is 0.486 e. The number of anilines is 1. The van der Waals surface area contributed by atoms with Crippen molar-refractivity contribution < 1.29 is 19.1 Å². The molecule has 130 valence electrons. The van der Waals surface area contributed by atoms with Crippen molar-refractivity contribution in [2.24, 2.45) is 11.7 Å². The van der Waals surface area contributed by atoms with E-state index in [2.05, 4.69) is 5.32 Å². The van der Waals surface area contributed by atoms with Gasteiger partial charge in [0.05, 0.1) is 0 Å². The molecule has 1 atom stereocenters. The summed E-state index contributed by atoms with van der Waals surface area (Å²) in [5.74, 6) is 0.179. The van der Waals surface area contributed by atoms with E-state index in [0.29, 0.717) is 44.2 Å². The lowest BCUT2D eigenvalue weighted by atomic mass is 10.0. The van der Waals surface area contributed by atoms with Crippen LogP contribution in [0.5, 0.6) is 11.5 Å². The maximum atomic E-state index is 12.6. The number of carbonyl (C=O) groups excluding carboxylic acids is 2. The molecular weight excluding hydrogens is 310 g/mol. The van der Waals surface area contributed by atoms with Crippen molar-refractivity contribution in [3.63, 3.8) is 0 Å². The summed E-state index contributed by atoms with van der Waals surface area (Å²) in [6.07, 6.45) is 0.490. The van der Waals surface area contributed by atoms with E-state index in [-0.39, 0.29) is 11.8 Å². The van der Waals surface area contributed by atoms with E-state index in [0.717, 1.165) is 5.69 Å². The van der Waals surface area contributed by atoms with E-state index in [1.54, 1.807) is 17.0 Å². The summed E-state index contributed by atoms with van der Waals surface area (Å²) >= 11 is 0. The third-order valence-corrected chi connectivity index (χ3v) is 4.08. The molecule has 1 unspecified atom stereocenters. The van der Waals surface area contributed by atoms with Crippen LogP contribution >= 0.6 is 0 Å². The Bertz CT molecular complexity index is 654. The summed E-state index contributed by atoms with van der Waals surface area (Å²) in [5.41, 5.74) is 6.08. The van der Waals surface area contributed by atoms with Gasteiger partial charge in [-0.1, -0.05) is 0 Å². The predicted octanol–water partition coefficient (Wildman–Crippen LogP) is 0.664. The average Bonchev–Trinajstić information content (AvgIpc) is 2.93. The van der Waals surface area contributed by atoms with Crippen LogP contribution in [0.25, 0.3) is 0 Å². The molecule has 2 heterocycles. The van der Waals surface area contributed by atoms with Gasteiger partial charge in [-0.2, -0.15) is 0 Å². The molecule has 0 radical (unpaired) electrons. The number of fused-ring (bicyclic) bond motifs is 1. The number of hydrogen-bond donors (Lipinski definition) is 2. The van der Waals surface area contributed by atoms with Gasteiger partial charge in [0.25, 0.3) is 0 Å². The van der Waals surface area contributed by atoms with Crippen LogP contribution in [0.15, 0.2) is 18.2 Å². The fourth-order valence-electron chi connectivity index (χ4n) is 2.82.